The molecule has 3 rings (SSSR count). The summed E-state index contributed by atoms with van der Waals surface area (Å²) in [6, 6.07) is 10.4. The lowest BCUT2D eigenvalue weighted by Gasteiger charge is -2.29. The first-order valence-corrected chi connectivity index (χ1v) is 6.36. The summed E-state index contributed by atoms with van der Waals surface area (Å²) in [5, 5.41) is 2.19. The molecule has 1 aromatic heterocycles. The number of nitrogen functional groups attached to an aromatic ring is 1. The molecule has 0 spiro atoms. The highest BCUT2D eigenvalue weighted by molar-refractivity contribution is 7.10. The largest absolute Gasteiger partial charge is 0.399 e. The second kappa shape index (κ2) is 3.83. The van der Waals surface area contributed by atoms with Crippen LogP contribution in [0.3, 0.4) is 0 Å². The zero-order valence-corrected chi connectivity index (χ0v) is 9.83. The molecule has 0 amide bonds. The molecule has 2 nitrogen and oxygen atoms in total. The standard InChI is InChI=1S/C13H14N2S/c14-11-1-3-12(4-2-11)15-7-5-13-10(9-15)6-8-16-13/h1-4,6,8H,5,7,9,14H2. The summed E-state index contributed by atoms with van der Waals surface area (Å²) in [6.07, 6.45) is 1.16. The van der Waals surface area contributed by atoms with E-state index in [9.17, 15) is 0 Å². The molecule has 16 heavy (non-hydrogen) atoms. The first-order valence-electron chi connectivity index (χ1n) is 5.49. The Morgan fingerprint density at radius 3 is 2.75 bits per heavy atom. The second-order valence-corrected chi connectivity index (χ2v) is 5.13. The maximum absolute atomic E-state index is 5.70. The van der Waals surface area contributed by atoms with Crippen molar-refractivity contribution in [2.45, 2.75) is 13.0 Å². The molecule has 0 aliphatic carbocycles. The highest BCUT2D eigenvalue weighted by atomic mass is 32.1. The second-order valence-electron chi connectivity index (χ2n) is 4.13. The van der Waals surface area contributed by atoms with Crippen molar-refractivity contribution in [3.05, 3.63) is 46.2 Å². The topological polar surface area (TPSA) is 29.3 Å². The summed E-state index contributed by atoms with van der Waals surface area (Å²) in [5.74, 6) is 0. The van der Waals surface area contributed by atoms with Gasteiger partial charge in [0, 0.05) is 29.3 Å². The predicted octanol–water partition coefficient (Wildman–Crippen LogP) is 2.89. The normalized spacial score (nSPS) is 14.9. The maximum atomic E-state index is 5.70. The molecule has 1 aromatic carbocycles. The van der Waals surface area contributed by atoms with Crippen molar-refractivity contribution in [3.8, 4) is 0 Å². The van der Waals surface area contributed by atoms with E-state index in [4.69, 9.17) is 5.73 Å². The molecule has 1 aliphatic heterocycles. The number of hydrogen-bond acceptors (Lipinski definition) is 3. The van der Waals surface area contributed by atoms with Crippen LogP contribution in [0.4, 0.5) is 11.4 Å². The molecule has 2 aromatic rings. The summed E-state index contributed by atoms with van der Waals surface area (Å²) >= 11 is 1.88. The predicted molar refractivity (Wildman–Crippen MR) is 69.9 cm³/mol. The van der Waals surface area contributed by atoms with Gasteiger partial charge in [-0.2, -0.15) is 0 Å². The van der Waals surface area contributed by atoms with Crippen LogP contribution in [0.5, 0.6) is 0 Å². The smallest absolute Gasteiger partial charge is 0.0440 e. The molecule has 1 aliphatic rings. The summed E-state index contributed by atoms with van der Waals surface area (Å²) in [5.41, 5.74) is 9.28. The van der Waals surface area contributed by atoms with Crippen LogP contribution in [-0.2, 0) is 13.0 Å². The van der Waals surface area contributed by atoms with Gasteiger partial charge in [-0.1, -0.05) is 0 Å². The van der Waals surface area contributed by atoms with Crippen LogP contribution < -0.4 is 10.6 Å². The average molecular weight is 230 g/mol. The summed E-state index contributed by atoms with van der Waals surface area (Å²) in [6.45, 7) is 2.14. The van der Waals surface area contributed by atoms with Gasteiger partial charge < -0.3 is 10.6 Å². The molecular formula is C13H14N2S. The lowest BCUT2D eigenvalue weighted by molar-refractivity contribution is 0.744. The van der Waals surface area contributed by atoms with E-state index >= 15 is 0 Å². The zero-order valence-electron chi connectivity index (χ0n) is 9.02. The highest BCUT2D eigenvalue weighted by Crippen LogP contribution is 2.27. The van der Waals surface area contributed by atoms with Gasteiger partial charge in [0.25, 0.3) is 0 Å². The Balaban J connectivity index is 1.86. The van der Waals surface area contributed by atoms with E-state index in [1.165, 1.54) is 11.3 Å². The van der Waals surface area contributed by atoms with Gasteiger partial charge in [0.2, 0.25) is 0 Å². The minimum Gasteiger partial charge on any atom is -0.399 e. The van der Waals surface area contributed by atoms with Gasteiger partial charge in [-0.15, -0.1) is 11.3 Å². The third-order valence-corrected chi connectivity index (χ3v) is 4.09. The van der Waals surface area contributed by atoms with Crippen molar-refractivity contribution in [1.29, 1.82) is 0 Å². The van der Waals surface area contributed by atoms with E-state index in [0.29, 0.717) is 0 Å². The minimum atomic E-state index is 0.831. The van der Waals surface area contributed by atoms with E-state index in [1.807, 2.05) is 23.5 Å². The van der Waals surface area contributed by atoms with E-state index in [2.05, 4.69) is 28.5 Å². The molecule has 0 saturated carbocycles. The quantitative estimate of drug-likeness (QED) is 0.763. The van der Waals surface area contributed by atoms with E-state index in [-0.39, 0.29) is 0 Å². The van der Waals surface area contributed by atoms with Crippen LogP contribution in [0.2, 0.25) is 0 Å². The van der Waals surface area contributed by atoms with Crippen molar-refractivity contribution in [2.75, 3.05) is 17.2 Å². The van der Waals surface area contributed by atoms with Crippen LogP contribution in [0.25, 0.3) is 0 Å². The van der Waals surface area contributed by atoms with Crippen molar-refractivity contribution in [1.82, 2.24) is 0 Å². The Morgan fingerprint density at radius 1 is 1.12 bits per heavy atom. The lowest BCUT2D eigenvalue weighted by atomic mass is 10.1. The van der Waals surface area contributed by atoms with E-state index in [0.717, 1.165) is 25.2 Å². The fourth-order valence-electron chi connectivity index (χ4n) is 2.15. The van der Waals surface area contributed by atoms with Crippen molar-refractivity contribution >= 4 is 22.7 Å². The van der Waals surface area contributed by atoms with E-state index < -0.39 is 0 Å². The number of fused-ring (bicyclic) bond motifs is 1. The van der Waals surface area contributed by atoms with Gasteiger partial charge in [-0.25, -0.2) is 0 Å². The number of nitrogens with zero attached hydrogens (tertiary/aromatic N) is 1. The number of benzene rings is 1. The van der Waals surface area contributed by atoms with Crippen LogP contribution in [0.1, 0.15) is 10.4 Å². The van der Waals surface area contributed by atoms with Gasteiger partial charge in [-0.3, -0.25) is 0 Å². The third-order valence-electron chi connectivity index (χ3n) is 3.07. The first-order chi connectivity index (χ1) is 7.83. The minimum absolute atomic E-state index is 0.831. The number of thiophene rings is 1. The van der Waals surface area contributed by atoms with Gasteiger partial charge in [0.05, 0.1) is 0 Å². The summed E-state index contributed by atoms with van der Waals surface area (Å²) < 4.78 is 0. The lowest BCUT2D eigenvalue weighted by Crippen LogP contribution is -2.29. The van der Waals surface area contributed by atoms with Crippen molar-refractivity contribution in [2.24, 2.45) is 0 Å². The Kier molecular flexibility index (Phi) is 2.33. The average Bonchev–Trinajstić information content (AvgIpc) is 2.77. The summed E-state index contributed by atoms with van der Waals surface area (Å²) in [4.78, 5) is 3.96. The molecule has 3 heteroatoms. The molecule has 82 valence electrons. The molecule has 2 N–H and O–H groups in total. The van der Waals surface area contributed by atoms with Crippen molar-refractivity contribution in [3.63, 3.8) is 0 Å². The van der Waals surface area contributed by atoms with Gasteiger partial charge in [0.15, 0.2) is 0 Å². The molecule has 0 atom stereocenters. The molecule has 0 radical (unpaired) electrons. The molecule has 0 fully saturated rings. The number of rotatable bonds is 1. The fourth-order valence-corrected chi connectivity index (χ4v) is 3.04. The van der Waals surface area contributed by atoms with Crippen LogP contribution in [0.15, 0.2) is 35.7 Å². The van der Waals surface area contributed by atoms with Crippen LogP contribution in [0, 0.1) is 0 Å². The van der Waals surface area contributed by atoms with Crippen molar-refractivity contribution < 1.29 is 0 Å². The first kappa shape index (κ1) is 9.73. The molecule has 0 unspecified atom stereocenters. The van der Waals surface area contributed by atoms with E-state index in [1.54, 1.807) is 4.88 Å². The van der Waals surface area contributed by atoms with Gasteiger partial charge >= 0.3 is 0 Å². The Bertz CT molecular complexity index is 487. The van der Waals surface area contributed by atoms with Gasteiger partial charge in [0.1, 0.15) is 0 Å². The molecule has 0 saturated heterocycles. The Morgan fingerprint density at radius 2 is 1.94 bits per heavy atom. The third kappa shape index (κ3) is 1.67. The van der Waals surface area contributed by atoms with Crippen LogP contribution in [-0.4, -0.2) is 6.54 Å². The Labute approximate surface area is 99.3 Å². The fraction of sp³-hybridized carbons (Fsp3) is 0.231. The van der Waals surface area contributed by atoms with Gasteiger partial charge in [-0.05, 0) is 47.7 Å². The Hall–Kier alpha value is -1.48. The molecule has 0 bridgehead atoms. The zero-order chi connectivity index (χ0) is 11.0. The maximum Gasteiger partial charge on any atom is 0.0440 e. The number of anilines is 2. The number of nitrogens with two attached hydrogens (primary N) is 1. The summed E-state index contributed by atoms with van der Waals surface area (Å²) in [7, 11) is 0. The monoisotopic (exact) mass is 230 g/mol. The molecule has 2 heterocycles. The SMILES string of the molecule is Nc1ccc(N2CCc3sccc3C2)cc1. The van der Waals surface area contributed by atoms with Crippen LogP contribution >= 0.6 is 11.3 Å². The highest BCUT2D eigenvalue weighted by Gasteiger charge is 2.16. The molecular weight excluding hydrogens is 216 g/mol. The number of hydrogen-bond donors (Lipinski definition) is 1.